The number of fused-ring (bicyclic) bond motifs is 1. The van der Waals surface area contributed by atoms with Crippen molar-refractivity contribution in [1.29, 1.82) is 0 Å². The lowest BCUT2D eigenvalue weighted by Gasteiger charge is -2.10. The van der Waals surface area contributed by atoms with E-state index in [1.165, 1.54) is 11.1 Å². The largest absolute Gasteiger partial charge is 0.479 e. The number of aromatic amines is 1. The lowest BCUT2D eigenvalue weighted by atomic mass is 9.95. The van der Waals surface area contributed by atoms with Crippen molar-refractivity contribution in [2.24, 2.45) is 0 Å². The second-order valence-corrected chi connectivity index (χ2v) is 4.53. The average Bonchev–Trinajstić information content (AvgIpc) is 2.93. The smallest absolute Gasteiger partial charge is 0.240 e. The van der Waals surface area contributed by atoms with Crippen LogP contribution in [0.15, 0.2) is 54.6 Å². The monoisotopic (exact) mass is 264 g/mol. The summed E-state index contributed by atoms with van der Waals surface area (Å²) in [5.41, 5.74) is 4.47. The third-order valence-electron chi connectivity index (χ3n) is 3.41. The minimum atomic E-state index is 0.630. The van der Waals surface area contributed by atoms with E-state index in [0.29, 0.717) is 5.88 Å². The van der Waals surface area contributed by atoms with Crippen LogP contribution in [-0.2, 0) is 0 Å². The van der Waals surface area contributed by atoms with Gasteiger partial charge in [-0.1, -0.05) is 48.5 Å². The van der Waals surface area contributed by atoms with Crippen molar-refractivity contribution >= 4 is 16.5 Å². The molecule has 0 bridgehead atoms. The number of H-pyrrole nitrogens is 1. The van der Waals surface area contributed by atoms with Crippen LogP contribution in [0.5, 0.6) is 5.88 Å². The van der Waals surface area contributed by atoms with Crippen molar-refractivity contribution in [2.75, 3.05) is 7.11 Å². The van der Waals surface area contributed by atoms with Gasteiger partial charge in [-0.05, 0) is 29.7 Å². The van der Waals surface area contributed by atoms with E-state index < -0.39 is 0 Å². The maximum Gasteiger partial charge on any atom is 0.240 e. The molecule has 0 spiro atoms. The number of aromatic nitrogens is 2. The Balaban J connectivity index is 2.25. The summed E-state index contributed by atoms with van der Waals surface area (Å²) in [5.74, 6) is 0.630. The maximum atomic E-state index is 5.37. The minimum Gasteiger partial charge on any atom is -0.479 e. The third-order valence-corrected chi connectivity index (χ3v) is 3.41. The predicted octanol–water partition coefficient (Wildman–Crippen LogP) is 4.02. The third kappa shape index (κ3) is 1.97. The molecule has 3 rings (SSSR count). The van der Waals surface area contributed by atoms with Gasteiger partial charge in [-0.25, -0.2) is 0 Å². The Morgan fingerprint density at radius 2 is 1.90 bits per heavy atom. The lowest BCUT2D eigenvalue weighted by molar-refractivity contribution is 0.401. The summed E-state index contributed by atoms with van der Waals surface area (Å²) < 4.78 is 5.37. The number of hydrogen-bond acceptors (Lipinski definition) is 2. The zero-order valence-electron chi connectivity index (χ0n) is 11.6. The molecule has 0 aliphatic carbocycles. The highest BCUT2D eigenvalue weighted by Crippen LogP contribution is 2.33. The van der Waals surface area contributed by atoms with E-state index in [1.54, 1.807) is 7.11 Å². The van der Waals surface area contributed by atoms with Crippen molar-refractivity contribution in [3.8, 4) is 5.88 Å². The van der Waals surface area contributed by atoms with Gasteiger partial charge in [-0.15, -0.1) is 5.10 Å². The van der Waals surface area contributed by atoms with E-state index in [0.717, 1.165) is 16.5 Å². The summed E-state index contributed by atoms with van der Waals surface area (Å²) in [4.78, 5) is 0. The number of methoxy groups -OCH3 is 1. The van der Waals surface area contributed by atoms with Gasteiger partial charge in [0, 0.05) is 0 Å². The zero-order valence-corrected chi connectivity index (χ0v) is 11.6. The van der Waals surface area contributed by atoms with Crippen molar-refractivity contribution in [3.05, 3.63) is 65.7 Å². The zero-order chi connectivity index (χ0) is 13.9. The topological polar surface area (TPSA) is 37.9 Å². The lowest BCUT2D eigenvalue weighted by Crippen LogP contribution is -1.90. The second-order valence-electron chi connectivity index (χ2n) is 4.53. The number of nitrogens with zero attached hydrogens (tertiary/aromatic N) is 1. The number of ether oxygens (including phenoxy) is 1. The van der Waals surface area contributed by atoms with Gasteiger partial charge in [-0.2, -0.15) is 0 Å². The molecule has 0 aliphatic rings. The van der Waals surface area contributed by atoms with Gasteiger partial charge in [-0.3, -0.25) is 5.10 Å². The van der Waals surface area contributed by atoms with Gasteiger partial charge in [0.05, 0.1) is 18.0 Å². The highest BCUT2D eigenvalue weighted by Gasteiger charge is 2.14. The van der Waals surface area contributed by atoms with Crippen LogP contribution in [0.25, 0.3) is 16.5 Å². The van der Waals surface area contributed by atoms with Crippen molar-refractivity contribution in [3.63, 3.8) is 0 Å². The molecule has 1 N–H and O–H groups in total. The van der Waals surface area contributed by atoms with E-state index in [2.05, 4.69) is 34.5 Å². The molecule has 0 saturated heterocycles. The first-order chi connectivity index (χ1) is 9.85. The normalized spacial score (nSPS) is 11.8. The molecule has 1 heterocycles. The standard InChI is InChI=1S/C17H16N2O/c1-3-13(12-8-5-4-6-9-12)14-10-7-11-15-16(14)17(20-2)19-18-15/h3-11H,1-2H3,(H,18,19)/b13-3+. The fourth-order valence-electron chi connectivity index (χ4n) is 2.51. The molecule has 3 nitrogen and oxygen atoms in total. The minimum absolute atomic E-state index is 0.630. The van der Waals surface area contributed by atoms with E-state index in [-0.39, 0.29) is 0 Å². The SMILES string of the molecule is C/C=C(\c1ccccc1)c1cccc2[nH]nc(OC)c12. The van der Waals surface area contributed by atoms with Crippen LogP contribution >= 0.6 is 0 Å². The molecular weight excluding hydrogens is 248 g/mol. The molecule has 3 heteroatoms. The number of rotatable bonds is 3. The molecule has 0 atom stereocenters. The van der Waals surface area contributed by atoms with Gasteiger partial charge in [0.15, 0.2) is 0 Å². The summed E-state index contributed by atoms with van der Waals surface area (Å²) in [6.07, 6.45) is 2.12. The number of benzene rings is 2. The average molecular weight is 264 g/mol. The van der Waals surface area contributed by atoms with Gasteiger partial charge in [0.1, 0.15) is 0 Å². The highest BCUT2D eigenvalue weighted by atomic mass is 16.5. The van der Waals surface area contributed by atoms with E-state index >= 15 is 0 Å². The van der Waals surface area contributed by atoms with Crippen LogP contribution in [0.1, 0.15) is 18.1 Å². The Bertz CT molecular complexity index is 757. The van der Waals surface area contributed by atoms with E-state index in [9.17, 15) is 0 Å². The molecule has 2 aromatic carbocycles. The summed E-state index contributed by atoms with van der Waals surface area (Å²) in [6.45, 7) is 2.05. The fraction of sp³-hybridized carbons (Fsp3) is 0.118. The van der Waals surface area contributed by atoms with Gasteiger partial charge < -0.3 is 4.74 Å². The van der Waals surface area contributed by atoms with E-state index in [1.807, 2.05) is 37.3 Å². The second kappa shape index (κ2) is 5.21. The Morgan fingerprint density at radius 3 is 2.60 bits per heavy atom. The summed E-state index contributed by atoms with van der Waals surface area (Å²) in [5, 5.41) is 8.24. The number of allylic oxidation sites excluding steroid dienone is 1. The molecule has 1 aromatic heterocycles. The number of nitrogens with one attached hydrogen (secondary N) is 1. The Kier molecular flexibility index (Phi) is 3.25. The van der Waals surface area contributed by atoms with Crippen LogP contribution in [-0.4, -0.2) is 17.3 Å². The molecule has 20 heavy (non-hydrogen) atoms. The van der Waals surface area contributed by atoms with Crippen molar-refractivity contribution in [1.82, 2.24) is 10.2 Å². The predicted molar refractivity (Wildman–Crippen MR) is 81.8 cm³/mol. The molecule has 3 aromatic rings. The molecule has 0 amide bonds. The van der Waals surface area contributed by atoms with E-state index in [4.69, 9.17) is 4.74 Å². The van der Waals surface area contributed by atoms with Crippen molar-refractivity contribution < 1.29 is 4.74 Å². The Labute approximate surface area is 117 Å². The fourth-order valence-corrected chi connectivity index (χ4v) is 2.51. The van der Waals surface area contributed by atoms with Gasteiger partial charge in [0.2, 0.25) is 5.88 Å². The molecule has 0 saturated carbocycles. The van der Waals surface area contributed by atoms with Crippen LogP contribution < -0.4 is 4.74 Å². The molecule has 100 valence electrons. The number of hydrogen-bond donors (Lipinski definition) is 1. The van der Waals surface area contributed by atoms with Crippen LogP contribution in [0.3, 0.4) is 0 Å². The molecule has 0 fully saturated rings. The van der Waals surface area contributed by atoms with Gasteiger partial charge >= 0.3 is 0 Å². The molecule has 0 unspecified atom stereocenters. The first-order valence-electron chi connectivity index (χ1n) is 6.58. The van der Waals surface area contributed by atoms with Crippen molar-refractivity contribution in [2.45, 2.75) is 6.92 Å². The first-order valence-corrected chi connectivity index (χ1v) is 6.58. The maximum absolute atomic E-state index is 5.37. The van der Waals surface area contributed by atoms with Gasteiger partial charge in [0.25, 0.3) is 0 Å². The summed E-state index contributed by atoms with van der Waals surface area (Å²) in [6, 6.07) is 16.5. The summed E-state index contributed by atoms with van der Waals surface area (Å²) in [7, 11) is 1.64. The molecular formula is C17H16N2O. The summed E-state index contributed by atoms with van der Waals surface area (Å²) >= 11 is 0. The molecule has 0 aliphatic heterocycles. The quantitative estimate of drug-likeness (QED) is 0.775. The Hall–Kier alpha value is -2.55. The van der Waals surface area contributed by atoms with Crippen LogP contribution in [0, 0.1) is 0 Å². The Morgan fingerprint density at radius 1 is 1.10 bits per heavy atom. The van der Waals surface area contributed by atoms with Crippen LogP contribution in [0.2, 0.25) is 0 Å². The van der Waals surface area contributed by atoms with Crippen LogP contribution in [0.4, 0.5) is 0 Å². The highest BCUT2D eigenvalue weighted by molar-refractivity contribution is 5.99. The first kappa shape index (κ1) is 12.5. The molecule has 0 radical (unpaired) electrons.